The van der Waals surface area contributed by atoms with E-state index in [1.165, 1.54) is 0 Å². The fourth-order valence-corrected chi connectivity index (χ4v) is 1.80. The van der Waals surface area contributed by atoms with Crippen molar-refractivity contribution in [1.29, 1.82) is 0 Å². The molecule has 0 fully saturated rings. The van der Waals surface area contributed by atoms with E-state index in [0.29, 0.717) is 6.54 Å². The first kappa shape index (κ1) is 14.7. The third kappa shape index (κ3) is 6.39. The lowest BCUT2D eigenvalue weighted by atomic mass is 10.2. The number of H-pyrrole nitrogens is 1. The van der Waals surface area contributed by atoms with Crippen LogP contribution < -0.4 is 10.4 Å². The summed E-state index contributed by atoms with van der Waals surface area (Å²) in [6.07, 6.45) is 6.08. The highest BCUT2D eigenvalue weighted by molar-refractivity contribution is 7.50. The van der Waals surface area contributed by atoms with Crippen LogP contribution in [-0.2, 0) is 11.0 Å². The van der Waals surface area contributed by atoms with Crippen LogP contribution >= 0.6 is 7.75 Å². The van der Waals surface area contributed by atoms with E-state index >= 15 is 0 Å². The molecule has 102 valence electrons. The summed E-state index contributed by atoms with van der Waals surface area (Å²) in [5.74, 6) is 0.100. The maximum Gasteiger partial charge on any atom is 0.429 e. The van der Waals surface area contributed by atoms with Crippen LogP contribution in [0.25, 0.3) is 0 Å². The Kier molecular flexibility index (Phi) is 5.84. The first-order valence-corrected chi connectivity index (χ1v) is 7.16. The SMILES string of the molecule is CN/C(=N/CCCCc1c[nH]cn1)NP(=O)(O)O. The zero-order valence-corrected chi connectivity index (χ0v) is 11.0. The minimum atomic E-state index is -4.29. The Labute approximate surface area is 105 Å². The van der Waals surface area contributed by atoms with Crippen molar-refractivity contribution in [2.45, 2.75) is 19.3 Å². The highest BCUT2D eigenvalue weighted by atomic mass is 31.2. The number of hydrogen-bond donors (Lipinski definition) is 5. The molecule has 0 aliphatic carbocycles. The number of imidazole rings is 1. The third-order valence-electron chi connectivity index (χ3n) is 2.15. The first-order valence-electron chi connectivity index (χ1n) is 5.55. The van der Waals surface area contributed by atoms with Crippen LogP contribution in [0.1, 0.15) is 18.5 Å². The molecule has 9 heteroatoms. The number of rotatable bonds is 6. The van der Waals surface area contributed by atoms with Crippen molar-refractivity contribution in [2.75, 3.05) is 13.6 Å². The van der Waals surface area contributed by atoms with Crippen molar-refractivity contribution in [3.63, 3.8) is 0 Å². The summed E-state index contributed by atoms with van der Waals surface area (Å²) in [4.78, 5) is 28.4. The van der Waals surface area contributed by atoms with Gasteiger partial charge in [0.1, 0.15) is 0 Å². The van der Waals surface area contributed by atoms with Crippen molar-refractivity contribution in [3.8, 4) is 0 Å². The smallest absolute Gasteiger partial charge is 0.359 e. The second kappa shape index (κ2) is 7.15. The lowest BCUT2D eigenvalue weighted by Crippen LogP contribution is -2.32. The van der Waals surface area contributed by atoms with Gasteiger partial charge in [-0.05, 0) is 19.3 Å². The molecule has 0 saturated carbocycles. The molecule has 0 saturated heterocycles. The molecule has 0 spiro atoms. The van der Waals surface area contributed by atoms with E-state index < -0.39 is 7.75 Å². The number of aliphatic imine (C=N–C) groups is 1. The Hall–Kier alpha value is -1.37. The van der Waals surface area contributed by atoms with Crippen molar-refractivity contribution < 1.29 is 14.4 Å². The van der Waals surface area contributed by atoms with Gasteiger partial charge in [0.25, 0.3) is 0 Å². The average molecular weight is 275 g/mol. The number of hydrogen-bond acceptors (Lipinski definition) is 3. The van der Waals surface area contributed by atoms with Crippen molar-refractivity contribution in [1.82, 2.24) is 20.4 Å². The van der Waals surface area contributed by atoms with Gasteiger partial charge in [0.15, 0.2) is 5.96 Å². The zero-order valence-electron chi connectivity index (χ0n) is 10.1. The minimum absolute atomic E-state index is 0.100. The fourth-order valence-electron chi connectivity index (χ4n) is 1.34. The van der Waals surface area contributed by atoms with E-state index in [-0.39, 0.29) is 5.96 Å². The zero-order chi connectivity index (χ0) is 13.4. The molecule has 18 heavy (non-hydrogen) atoms. The van der Waals surface area contributed by atoms with Gasteiger partial charge in [-0.1, -0.05) is 0 Å². The van der Waals surface area contributed by atoms with Crippen LogP contribution in [0.4, 0.5) is 0 Å². The summed E-state index contributed by atoms with van der Waals surface area (Å²) in [6, 6.07) is 0. The summed E-state index contributed by atoms with van der Waals surface area (Å²) in [5.41, 5.74) is 1.00. The van der Waals surface area contributed by atoms with Crippen LogP contribution in [0.5, 0.6) is 0 Å². The van der Waals surface area contributed by atoms with Crippen LogP contribution in [0, 0.1) is 0 Å². The third-order valence-corrected chi connectivity index (χ3v) is 2.66. The average Bonchev–Trinajstić information content (AvgIpc) is 2.78. The molecule has 0 unspecified atom stereocenters. The topological polar surface area (TPSA) is 123 Å². The number of guanidine groups is 1. The van der Waals surface area contributed by atoms with E-state index in [0.717, 1.165) is 25.0 Å². The Morgan fingerprint density at radius 2 is 2.33 bits per heavy atom. The molecule has 0 aliphatic heterocycles. The maximum atomic E-state index is 10.7. The van der Waals surface area contributed by atoms with Crippen LogP contribution in [0.3, 0.4) is 0 Å². The van der Waals surface area contributed by atoms with Gasteiger partial charge < -0.3 is 20.1 Å². The molecule has 1 heterocycles. The number of aromatic amines is 1. The molecule has 0 radical (unpaired) electrons. The summed E-state index contributed by atoms with van der Waals surface area (Å²) < 4.78 is 10.7. The van der Waals surface area contributed by atoms with Crippen LogP contribution in [0.15, 0.2) is 17.5 Å². The first-order chi connectivity index (χ1) is 8.51. The van der Waals surface area contributed by atoms with Gasteiger partial charge in [0.2, 0.25) is 0 Å². The van der Waals surface area contributed by atoms with Crippen LogP contribution in [0.2, 0.25) is 0 Å². The lowest BCUT2D eigenvalue weighted by Gasteiger charge is -2.09. The standard InChI is InChI=1S/C9H18N5O3P/c1-10-9(14-18(15,16)17)12-5-3-2-4-8-6-11-7-13-8/h6-7H,2-5H2,1H3,(H,11,13)(H4,10,12,14,15,16,17). The molecule has 1 rings (SSSR count). The normalized spacial score (nSPS) is 12.5. The van der Waals surface area contributed by atoms with Crippen molar-refractivity contribution in [2.24, 2.45) is 4.99 Å². The Morgan fingerprint density at radius 1 is 1.56 bits per heavy atom. The summed E-state index contributed by atoms with van der Waals surface area (Å²) >= 11 is 0. The molecule has 8 nitrogen and oxygen atoms in total. The van der Waals surface area contributed by atoms with Crippen LogP contribution in [-0.4, -0.2) is 39.3 Å². The Morgan fingerprint density at radius 3 is 2.89 bits per heavy atom. The predicted molar refractivity (Wildman–Crippen MR) is 68.1 cm³/mol. The number of unbranched alkanes of at least 4 members (excludes halogenated alkanes) is 1. The second-order valence-electron chi connectivity index (χ2n) is 3.65. The van der Waals surface area contributed by atoms with Gasteiger partial charge in [0.05, 0.1) is 12.0 Å². The quantitative estimate of drug-likeness (QED) is 0.215. The summed E-state index contributed by atoms with van der Waals surface area (Å²) in [5, 5.41) is 4.59. The highest BCUT2D eigenvalue weighted by Crippen LogP contribution is 2.27. The minimum Gasteiger partial charge on any atom is -0.359 e. The Bertz CT molecular complexity index is 414. The maximum absolute atomic E-state index is 10.7. The van der Waals surface area contributed by atoms with E-state index in [2.05, 4.69) is 20.3 Å². The van der Waals surface area contributed by atoms with E-state index in [1.54, 1.807) is 13.4 Å². The molecule has 1 aromatic heterocycles. The number of aromatic nitrogens is 2. The molecule has 5 N–H and O–H groups in total. The monoisotopic (exact) mass is 275 g/mol. The number of nitrogens with one attached hydrogen (secondary N) is 3. The molecule has 0 amide bonds. The van der Waals surface area contributed by atoms with Gasteiger partial charge >= 0.3 is 7.75 Å². The Balaban J connectivity index is 2.23. The summed E-state index contributed by atoms with van der Waals surface area (Å²) in [6.45, 7) is 0.494. The number of nitrogens with zero attached hydrogens (tertiary/aromatic N) is 2. The molecular weight excluding hydrogens is 257 g/mol. The van der Waals surface area contributed by atoms with E-state index in [9.17, 15) is 4.57 Å². The number of aryl methyl sites for hydroxylation is 1. The summed E-state index contributed by atoms with van der Waals surface area (Å²) in [7, 11) is -2.74. The fraction of sp³-hybridized carbons (Fsp3) is 0.556. The molecule has 0 atom stereocenters. The van der Waals surface area contributed by atoms with E-state index in [4.69, 9.17) is 9.79 Å². The van der Waals surface area contributed by atoms with Crippen molar-refractivity contribution in [3.05, 3.63) is 18.2 Å². The largest absolute Gasteiger partial charge is 0.429 e. The van der Waals surface area contributed by atoms with Gasteiger partial charge in [-0.3, -0.25) is 10.1 Å². The van der Waals surface area contributed by atoms with Gasteiger partial charge in [-0.2, -0.15) is 0 Å². The highest BCUT2D eigenvalue weighted by Gasteiger charge is 2.13. The second-order valence-corrected chi connectivity index (χ2v) is 4.97. The lowest BCUT2D eigenvalue weighted by molar-refractivity contribution is 0.366. The van der Waals surface area contributed by atoms with Gasteiger partial charge in [-0.25, -0.2) is 9.55 Å². The molecular formula is C9H18N5O3P. The molecule has 1 aromatic rings. The molecule has 0 aliphatic rings. The van der Waals surface area contributed by atoms with Gasteiger partial charge in [-0.15, -0.1) is 0 Å². The van der Waals surface area contributed by atoms with Gasteiger partial charge in [0, 0.05) is 19.8 Å². The molecule has 0 aromatic carbocycles. The molecule has 0 bridgehead atoms. The van der Waals surface area contributed by atoms with Crippen molar-refractivity contribution >= 4 is 13.7 Å². The van der Waals surface area contributed by atoms with E-state index in [1.807, 2.05) is 11.3 Å². The predicted octanol–water partition coefficient (Wildman–Crippen LogP) is -0.00990.